The van der Waals surface area contributed by atoms with Gasteiger partial charge < -0.3 is 15.0 Å². The van der Waals surface area contributed by atoms with Gasteiger partial charge in [-0.3, -0.25) is 9.59 Å². The summed E-state index contributed by atoms with van der Waals surface area (Å²) in [4.78, 5) is 27.8. The summed E-state index contributed by atoms with van der Waals surface area (Å²) in [6.45, 7) is 6.14. The Kier molecular flexibility index (Phi) is 8.74. The van der Waals surface area contributed by atoms with Crippen LogP contribution in [-0.4, -0.2) is 35.4 Å². The maximum absolute atomic E-state index is 13.2. The summed E-state index contributed by atoms with van der Waals surface area (Å²) in [6, 6.07) is 13.5. The zero-order valence-electron chi connectivity index (χ0n) is 19.2. The minimum atomic E-state index is -0.584. The van der Waals surface area contributed by atoms with E-state index in [0.29, 0.717) is 12.3 Å². The Morgan fingerprint density at radius 3 is 2.41 bits per heavy atom. The van der Waals surface area contributed by atoms with Crippen molar-refractivity contribution in [2.75, 3.05) is 6.61 Å². The first-order chi connectivity index (χ1) is 15.4. The van der Waals surface area contributed by atoms with Crippen molar-refractivity contribution < 1.29 is 14.3 Å². The van der Waals surface area contributed by atoms with Gasteiger partial charge in [0.05, 0.1) is 4.47 Å². The van der Waals surface area contributed by atoms with Crippen LogP contribution in [0.2, 0.25) is 0 Å². The van der Waals surface area contributed by atoms with E-state index in [1.807, 2.05) is 49.4 Å². The van der Waals surface area contributed by atoms with Gasteiger partial charge in [0.25, 0.3) is 5.91 Å². The molecule has 0 saturated heterocycles. The zero-order valence-corrected chi connectivity index (χ0v) is 20.8. The quantitative estimate of drug-likeness (QED) is 0.516. The SMILES string of the molecule is CCc1ccc(OCC(=O)N(Cc2ccc(C)cc2)[C@@H](C)C(=O)NC2CCCC2)c(Br)c1. The van der Waals surface area contributed by atoms with Crippen LogP contribution in [0.5, 0.6) is 5.75 Å². The Labute approximate surface area is 199 Å². The molecule has 3 rings (SSSR count). The number of carbonyl (C=O) groups is 2. The summed E-state index contributed by atoms with van der Waals surface area (Å²) in [5.74, 6) is 0.297. The van der Waals surface area contributed by atoms with Gasteiger partial charge in [0.15, 0.2) is 6.61 Å². The van der Waals surface area contributed by atoms with Gasteiger partial charge in [-0.15, -0.1) is 0 Å². The molecule has 1 aliphatic carbocycles. The number of benzene rings is 2. The molecule has 32 heavy (non-hydrogen) atoms. The van der Waals surface area contributed by atoms with E-state index in [-0.39, 0.29) is 24.5 Å². The molecule has 2 aromatic rings. The molecule has 0 aromatic heterocycles. The lowest BCUT2D eigenvalue weighted by Crippen LogP contribution is -2.50. The third kappa shape index (κ3) is 6.58. The first kappa shape index (κ1) is 24.3. The predicted molar refractivity (Wildman–Crippen MR) is 131 cm³/mol. The monoisotopic (exact) mass is 500 g/mol. The number of rotatable bonds is 9. The third-order valence-electron chi connectivity index (χ3n) is 6.10. The lowest BCUT2D eigenvalue weighted by atomic mass is 10.1. The van der Waals surface area contributed by atoms with Gasteiger partial charge in [0.2, 0.25) is 5.91 Å². The average Bonchev–Trinajstić information content (AvgIpc) is 3.30. The van der Waals surface area contributed by atoms with E-state index in [1.165, 1.54) is 5.56 Å². The van der Waals surface area contributed by atoms with Crippen molar-refractivity contribution >= 4 is 27.7 Å². The molecule has 1 atom stereocenters. The summed E-state index contributed by atoms with van der Waals surface area (Å²) in [6.07, 6.45) is 5.23. The fraction of sp³-hybridized carbons (Fsp3) is 0.462. The van der Waals surface area contributed by atoms with E-state index in [0.717, 1.165) is 47.7 Å². The van der Waals surface area contributed by atoms with E-state index in [9.17, 15) is 9.59 Å². The molecule has 1 saturated carbocycles. The Morgan fingerprint density at radius 1 is 1.12 bits per heavy atom. The van der Waals surface area contributed by atoms with E-state index in [4.69, 9.17) is 4.74 Å². The number of hydrogen-bond acceptors (Lipinski definition) is 3. The molecule has 1 aliphatic rings. The molecule has 6 heteroatoms. The van der Waals surface area contributed by atoms with Crippen LogP contribution in [0.3, 0.4) is 0 Å². The molecule has 5 nitrogen and oxygen atoms in total. The van der Waals surface area contributed by atoms with Gasteiger partial charge in [0.1, 0.15) is 11.8 Å². The lowest BCUT2D eigenvalue weighted by molar-refractivity contribution is -0.142. The Bertz CT molecular complexity index is 923. The normalized spacial score (nSPS) is 14.8. The van der Waals surface area contributed by atoms with Gasteiger partial charge >= 0.3 is 0 Å². The molecule has 2 aromatic carbocycles. The largest absolute Gasteiger partial charge is 0.483 e. The van der Waals surface area contributed by atoms with Crippen LogP contribution in [0.1, 0.15) is 56.2 Å². The van der Waals surface area contributed by atoms with Crippen LogP contribution in [-0.2, 0) is 22.6 Å². The van der Waals surface area contributed by atoms with Gasteiger partial charge in [-0.1, -0.05) is 55.7 Å². The number of nitrogens with zero attached hydrogens (tertiary/aromatic N) is 1. The van der Waals surface area contributed by atoms with E-state index < -0.39 is 6.04 Å². The average molecular weight is 501 g/mol. The fourth-order valence-corrected chi connectivity index (χ4v) is 4.51. The second kappa shape index (κ2) is 11.5. The molecule has 0 unspecified atom stereocenters. The number of ether oxygens (including phenoxy) is 1. The molecular formula is C26H33BrN2O3. The number of amides is 2. The number of hydrogen-bond donors (Lipinski definition) is 1. The van der Waals surface area contributed by atoms with Crippen molar-refractivity contribution in [3.63, 3.8) is 0 Å². The van der Waals surface area contributed by atoms with E-state index >= 15 is 0 Å². The zero-order chi connectivity index (χ0) is 23.1. The second-order valence-electron chi connectivity index (χ2n) is 8.58. The minimum Gasteiger partial charge on any atom is -0.483 e. The van der Waals surface area contributed by atoms with Crippen LogP contribution in [0.15, 0.2) is 46.9 Å². The highest BCUT2D eigenvalue weighted by atomic mass is 79.9. The summed E-state index contributed by atoms with van der Waals surface area (Å²) < 4.78 is 6.65. The first-order valence-electron chi connectivity index (χ1n) is 11.4. The third-order valence-corrected chi connectivity index (χ3v) is 6.72. The Morgan fingerprint density at radius 2 is 1.78 bits per heavy atom. The minimum absolute atomic E-state index is 0.106. The molecule has 0 radical (unpaired) electrons. The summed E-state index contributed by atoms with van der Waals surface area (Å²) in [5, 5.41) is 3.12. The molecule has 1 fully saturated rings. The molecule has 0 bridgehead atoms. The van der Waals surface area contributed by atoms with Crippen LogP contribution < -0.4 is 10.1 Å². The molecule has 172 valence electrons. The maximum atomic E-state index is 13.2. The van der Waals surface area contributed by atoms with Gasteiger partial charge in [-0.05, 0) is 72.3 Å². The maximum Gasteiger partial charge on any atom is 0.261 e. The standard InChI is InChI=1S/C26H33BrN2O3/c1-4-20-13-14-24(23(27)15-20)32-17-25(30)29(16-21-11-9-18(2)10-12-21)19(3)26(31)28-22-7-5-6-8-22/h9-15,19,22H,4-8,16-17H2,1-3H3,(H,28,31)/t19-/m0/s1. The molecule has 0 heterocycles. The highest BCUT2D eigenvalue weighted by Gasteiger charge is 2.28. The summed E-state index contributed by atoms with van der Waals surface area (Å²) >= 11 is 3.52. The van der Waals surface area contributed by atoms with E-state index in [2.05, 4.69) is 28.2 Å². The van der Waals surface area contributed by atoms with Crippen molar-refractivity contribution in [2.45, 2.75) is 71.5 Å². The first-order valence-corrected chi connectivity index (χ1v) is 12.2. The Hall–Kier alpha value is -2.34. The van der Waals surface area contributed by atoms with Crippen molar-refractivity contribution in [3.05, 3.63) is 63.6 Å². The molecule has 0 aliphatic heterocycles. The van der Waals surface area contributed by atoms with Gasteiger partial charge in [-0.25, -0.2) is 0 Å². The fourth-order valence-electron chi connectivity index (χ4n) is 3.97. The lowest BCUT2D eigenvalue weighted by Gasteiger charge is -2.29. The van der Waals surface area contributed by atoms with Gasteiger partial charge in [0, 0.05) is 12.6 Å². The van der Waals surface area contributed by atoms with Crippen LogP contribution in [0.4, 0.5) is 0 Å². The van der Waals surface area contributed by atoms with Crippen molar-refractivity contribution in [1.29, 1.82) is 0 Å². The topological polar surface area (TPSA) is 58.6 Å². The van der Waals surface area contributed by atoms with Crippen molar-refractivity contribution in [2.24, 2.45) is 0 Å². The number of aryl methyl sites for hydroxylation is 2. The number of carbonyl (C=O) groups excluding carboxylic acids is 2. The second-order valence-corrected chi connectivity index (χ2v) is 9.43. The highest BCUT2D eigenvalue weighted by molar-refractivity contribution is 9.10. The highest BCUT2D eigenvalue weighted by Crippen LogP contribution is 2.26. The predicted octanol–water partition coefficient (Wildman–Crippen LogP) is 5.17. The van der Waals surface area contributed by atoms with Crippen LogP contribution in [0, 0.1) is 6.92 Å². The van der Waals surface area contributed by atoms with Crippen molar-refractivity contribution in [1.82, 2.24) is 10.2 Å². The van der Waals surface area contributed by atoms with Gasteiger partial charge in [-0.2, -0.15) is 0 Å². The molecule has 0 spiro atoms. The smallest absolute Gasteiger partial charge is 0.261 e. The van der Waals surface area contributed by atoms with E-state index in [1.54, 1.807) is 11.8 Å². The summed E-state index contributed by atoms with van der Waals surface area (Å²) in [7, 11) is 0. The molecule has 2 amide bonds. The molecule has 1 N–H and O–H groups in total. The number of nitrogens with one attached hydrogen (secondary N) is 1. The van der Waals surface area contributed by atoms with Crippen LogP contribution >= 0.6 is 15.9 Å². The number of halogens is 1. The summed E-state index contributed by atoms with van der Waals surface area (Å²) in [5.41, 5.74) is 3.33. The molecular weight excluding hydrogens is 468 g/mol. The van der Waals surface area contributed by atoms with Crippen molar-refractivity contribution in [3.8, 4) is 5.75 Å². The van der Waals surface area contributed by atoms with Crippen LogP contribution in [0.25, 0.3) is 0 Å². The Balaban J connectivity index is 1.71.